The number of nitrogens with one attached hydrogen (secondary N) is 2. The third kappa shape index (κ3) is 6.13. The molecule has 2 rings (SSSR count). The summed E-state index contributed by atoms with van der Waals surface area (Å²) in [6, 6.07) is 10.6. The highest BCUT2D eigenvalue weighted by atomic mass is 35.5. The monoisotopic (exact) mass is 355 g/mol. The molecule has 1 aromatic carbocycles. The fourth-order valence-corrected chi connectivity index (χ4v) is 2.89. The van der Waals surface area contributed by atoms with Crippen molar-refractivity contribution in [3.05, 3.63) is 58.3 Å². The van der Waals surface area contributed by atoms with Crippen LogP contribution >= 0.6 is 35.0 Å². The van der Waals surface area contributed by atoms with Crippen molar-refractivity contribution in [3.8, 4) is 0 Å². The smallest absolute Gasteiger partial charge is 0.319 e. The van der Waals surface area contributed by atoms with Crippen LogP contribution in [0.1, 0.15) is 5.56 Å². The normalized spacial score (nSPS) is 10.3. The van der Waals surface area contributed by atoms with Crippen molar-refractivity contribution in [1.29, 1.82) is 0 Å². The third-order valence-corrected chi connectivity index (χ3v) is 4.15. The Morgan fingerprint density at radius 1 is 1.23 bits per heavy atom. The largest absolute Gasteiger partial charge is 0.337 e. The minimum absolute atomic E-state index is 0.241. The summed E-state index contributed by atoms with van der Waals surface area (Å²) in [5.74, 6) is 1.64. The minimum atomic E-state index is -0.241. The molecule has 2 N–H and O–H groups in total. The van der Waals surface area contributed by atoms with E-state index in [-0.39, 0.29) is 6.03 Å². The van der Waals surface area contributed by atoms with Crippen molar-refractivity contribution >= 4 is 46.7 Å². The van der Waals surface area contributed by atoms with Gasteiger partial charge in [0.25, 0.3) is 0 Å². The number of pyridine rings is 1. The van der Waals surface area contributed by atoms with Gasteiger partial charge in [0, 0.05) is 35.0 Å². The molecule has 116 valence electrons. The van der Waals surface area contributed by atoms with Crippen LogP contribution in [-0.2, 0) is 5.75 Å². The zero-order valence-electron chi connectivity index (χ0n) is 11.7. The summed E-state index contributed by atoms with van der Waals surface area (Å²) >= 11 is 13.4. The average Bonchev–Trinajstić information content (AvgIpc) is 2.47. The van der Waals surface area contributed by atoms with Gasteiger partial charge in [0.2, 0.25) is 0 Å². The first-order valence-electron chi connectivity index (χ1n) is 6.62. The van der Waals surface area contributed by atoms with Crippen molar-refractivity contribution in [2.45, 2.75) is 5.75 Å². The SMILES string of the molecule is O=C(NCCSCc1ccnc(Cl)c1)Nc1cccc(Cl)c1. The van der Waals surface area contributed by atoms with Gasteiger partial charge in [-0.3, -0.25) is 0 Å². The number of carbonyl (C=O) groups excluding carboxylic acids is 1. The number of urea groups is 1. The molecule has 22 heavy (non-hydrogen) atoms. The van der Waals surface area contributed by atoms with Crippen LogP contribution in [0.2, 0.25) is 10.2 Å². The molecule has 4 nitrogen and oxygen atoms in total. The van der Waals surface area contributed by atoms with Crippen LogP contribution in [0.4, 0.5) is 10.5 Å². The summed E-state index contributed by atoms with van der Waals surface area (Å²) in [6.45, 7) is 0.579. The summed E-state index contributed by atoms with van der Waals surface area (Å²) in [5.41, 5.74) is 1.79. The fourth-order valence-electron chi connectivity index (χ4n) is 1.70. The van der Waals surface area contributed by atoms with Crippen LogP contribution in [-0.4, -0.2) is 23.3 Å². The molecule has 0 spiro atoms. The van der Waals surface area contributed by atoms with Crippen LogP contribution in [0.5, 0.6) is 0 Å². The van der Waals surface area contributed by atoms with Gasteiger partial charge in [-0.1, -0.05) is 29.3 Å². The molecule has 1 aromatic heterocycles. The Labute approximate surface area is 143 Å². The molecule has 2 aromatic rings. The second-order valence-electron chi connectivity index (χ2n) is 4.43. The lowest BCUT2D eigenvalue weighted by Crippen LogP contribution is -2.30. The highest BCUT2D eigenvalue weighted by Crippen LogP contribution is 2.15. The van der Waals surface area contributed by atoms with E-state index in [2.05, 4.69) is 15.6 Å². The van der Waals surface area contributed by atoms with Crippen molar-refractivity contribution < 1.29 is 4.79 Å². The first kappa shape index (κ1) is 16.9. The molecular formula is C15H15Cl2N3OS. The average molecular weight is 356 g/mol. The number of aromatic nitrogens is 1. The second kappa shape index (κ2) is 8.88. The Morgan fingerprint density at radius 2 is 2.09 bits per heavy atom. The molecule has 0 aliphatic carbocycles. The molecule has 2 amide bonds. The standard InChI is InChI=1S/C15H15Cl2N3OS/c16-12-2-1-3-13(9-12)20-15(21)19-6-7-22-10-11-4-5-18-14(17)8-11/h1-5,8-9H,6-7,10H2,(H2,19,20,21). The van der Waals surface area contributed by atoms with E-state index in [0.717, 1.165) is 17.1 Å². The predicted molar refractivity (Wildman–Crippen MR) is 93.9 cm³/mol. The van der Waals surface area contributed by atoms with Crippen LogP contribution in [0.3, 0.4) is 0 Å². The Bertz CT molecular complexity index is 640. The molecule has 0 radical (unpaired) electrons. The van der Waals surface area contributed by atoms with Crippen LogP contribution < -0.4 is 10.6 Å². The quantitative estimate of drug-likeness (QED) is 0.594. The van der Waals surface area contributed by atoms with E-state index in [9.17, 15) is 4.79 Å². The van der Waals surface area contributed by atoms with Gasteiger partial charge >= 0.3 is 6.03 Å². The number of benzene rings is 1. The molecule has 1 heterocycles. The zero-order chi connectivity index (χ0) is 15.8. The van der Waals surface area contributed by atoms with E-state index >= 15 is 0 Å². The molecule has 0 aliphatic rings. The summed E-state index contributed by atoms with van der Waals surface area (Å²) in [5, 5.41) is 6.61. The molecule has 7 heteroatoms. The van der Waals surface area contributed by atoms with E-state index in [1.54, 1.807) is 42.2 Å². The summed E-state index contributed by atoms with van der Waals surface area (Å²) in [4.78, 5) is 15.6. The number of hydrogen-bond acceptors (Lipinski definition) is 3. The van der Waals surface area contributed by atoms with Crippen LogP contribution in [0.15, 0.2) is 42.6 Å². The third-order valence-electron chi connectivity index (χ3n) is 2.67. The minimum Gasteiger partial charge on any atom is -0.337 e. The first-order chi connectivity index (χ1) is 10.6. The van der Waals surface area contributed by atoms with E-state index in [1.807, 2.05) is 12.1 Å². The van der Waals surface area contributed by atoms with Crippen molar-refractivity contribution in [1.82, 2.24) is 10.3 Å². The number of nitrogens with zero attached hydrogens (tertiary/aromatic N) is 1. The van der Waals surface area contributed by atoms with E-state index in [0.29, 0.717) is 22.4 Å². The van der Waals surface area contributed by atoms with Crippen molar-refractivity contribution in [3.63, 3.8) is 0 Å². The van der Waals surface area contributed by atoms with Gasteiger partial charge in [-0.2, -0.15) is 11.8 Å². The lowest BCUT2D eigenvalue weighted by Gasteiger charge is -2.08. The predicted octanol–water partition coefficient (Wildman–Crippen LogP) is 4.44. The summed E-state index contributed by atoms with van der Waals surface area (Å²) in [7, 11) is 0. The first-order valence-corrected chi connectivity index (χ1v) is 8.53. The highest BCUT2D eigenvalue weighted by molar-refractivity contribution is 7.98. The molecule has 0 fully saturated rings. The van der Waals surface area contributed by atoms with Gasteiger partial charge in [0.15, 0.2) is 0 Å². The molecule has 0 unspecified atom stereocenters. The molecule has 0 saturated heterocycles. The number of rotatable bonds is 6. The van der Waals surface area contributed by atoms with Crippen molar-refractivity contribution in [2.75, 3.05) is 17.6 Å². The lowest BCUT2D eigenvalue weighted by atomic mass is 10.3. The number of hydrogen-bond donors (Lipinski definition) is 2. The second-order valence-corrected chi connectivity index (χ2v) is 6.36. The Balaban J connectivity index is 1.63. The van der Waals surface area contributed by atoms with E-state index in [4.69, 9.17) is 23.2 Å². The number of halogens is 2. The van der Waals surface area contributed by atoms with Gasteiger partial charge in [-0.15, -0.1) is 0 Å². The molecule has 0 bridgehead atoms. The Morgan fingerprint density at radius 3 is 2.86 bits per heavy atom. The van der Waals surface area contributed by atoms with E-state index < -0.39 is 0 Å². The highest BCUT2D eigenvalue weighted by Gasteiger charge is 2.01. The van der Waals surface area contributed by atoms with Crippen LogP contribution in [0.25, 0.3) is 0 Å². The van der Waals surface area contributed by atoms with Gasteiger partial charge in [0.05, 0.1) is 0 Å². The van der Waals surface area contributed by atoms with Crippen molar-refractivity contribution in [2.24, 2.45) is 0 Å². The molecule has 0 saturated carbocycles. The van der Waals surface area contributed by atoms with Gasteiger partial charge in [0.1, 0.15) is 5.15 Å². The van der Waals surface area contributed by atoms with Crippen LogP contribution in [0, 0.1) is 0 Å². The summed E-state index contributed by atoms with van der Waals surface area (Å²) < 4.78 is 0. The zero-order valence-corrected chi connectivity index (χ0v) is 14.0. The molecule has 0 aliphatic heterocycles. The van der Waals surface area contributed by atoms with Gasteiger partial charge in [-0.05, 0) is 35.9 Å². The molecular weight excluding hydrogens is 341 g/mol. The Kier molecular flexibility index (Phi) is 6.83. The maximum atomic E-state index is 11.7. The molecule has 0 atom stereocenters. The number of carbonyl (C=O) groups is 1. The fraction of sp³-hybridized carbons (Fsp3) is 0.200. The van der Waals surface area contributed by atoms with Gasteiger partial charge < -0.3 is 10.6 Å². The van der Waals surface area contributed by atoms with E-state index in [1.165, 1.54) is 0 Å². The maximum Gasteiger partial charge on any atom is 0.319 e. The Hall–Kier alpha value is -1.43. The summed E-state index contributed by atoms with van der Waals surface area (Å²) in [6.07, 6.45) is 1.69. The number of amides is 2. The van der Waals surface area contributed by atoms with Gasteiger partial charge in [-0.25, -0.2) is 9.78 Å². The number of thioether (sulfide) groups is 1. The maximum absolute atomic E-state index is 11.7. The number of anilines is 1. The topological polar surface area (TPSA) is 54.0 Å². The lowest BCUT2D eigenvalue weighted by molar-refractivity contribution is 0.252.